The molecule has 76 valence electrons. The predicted octanol–water partition coefficient (Wildman–Crippen LogP) is 2.34. The zero-order valence-corrected chi connectivity index (χ0v) is 9.17. The summed E-state index contributed by atoms with van der Waals surface area (Å²) in [5, 5.41) is 1.07. The molecule has 0 bridgehead atoms. The molecule has 3 heterocycles. The highest BCUT2D eigenvalue weighted by Crippen LogP contribution is 2.31. The van der Waals surface area contributed by atoms with Crippen molar-refractivity contribution >= 4 is 28.6 Å². The van der Waals surface area contributed by atoms with E-state index >= 15 is 0 Å². The van der Waals surface area contributed by atoms with Crippen LogP contribution in [0.3, 0.4) is 0 Å². The number of carbonyl (C=O) groups is 1. The number of pyridine rings is 1. The molecular weight excluding hydrogens is 208 g/mol. The van der Waals surface area contributed by atoms with Gasteiger partial charge in [-0.25, -0.2) is 0 Å². The minimum atomic E-state index is 0.210. The number of aryl methyl sites for hydroxylation is 1. The molecule has 2 aromatic heterocycles. The molecule has 0 aromatic carbocycles. The van der Waals surface area contributed by atoms with Crippen molar-refractivity contribution in [1.29, 1.82) is 0 Å². The Bertz CT molecular complexity index is 559. The summed E-state index contributed by atoms with van der Waals surface area (Å²) in [6.07, 6.45) is 7.16. The van der Waals surface area contributed by atoms with E-state index in [1.807, 2.05) is 23.2 Å². The fourth-order valence-electron chi connectivity index (χ4n) is 2.15. The van der Waals surface area contributed by atoms with Crippen molar-refractivity contribution in [2.75, 3.05) is 6.26 Å². The van der Waals surface area contributed by atoms with E-state index in [4.69, 9.17) is 0 Å². The Hall–Kier alpha value is -1.29. The van der Waals surface area contributed by atoms with Gasteiger partial charge < -0.3 is 0 Å². The summed E-state index contributed by atoms with van der Waals surface area (Å²) in [5.74, 6) is 0.210. The first kappa shape index (κ1) is 8.97. The standard InChI is InChI=1S/C11H10N2OS/c1-15-9-6-12-5-7-4-8-2-3-10(14)13(8)11(7)9/h4-6H,2-3H2,1H3. The summed E-state index contributed by atoms with van der Waals surface area (Å²) in [7, 11) is 0. The Morgan fingerprint density at radius 2 is 2.27 bits per heavy atom. The van der Waals surface area contributed by atoms with Crippen LogP contribution in [0.4, 0.5) is 0 Å². The average Bonchev–Trinajstić information content (AvgIpc) is 2.78. The van der Waals surface area contributed by atoms with Gasteiger partial charge in [-0.15, -0.1) is 11.8 Å². The smallest absolute Gasteiger partial charge is 0.231 e. The van der Waals surface area contributed by atoms with Gasteiger partial charge in [-0.05, 0) is 18.7 Å². The molecule has 0 fully saturated rings. The molecule has 1 aliphatic heterocycles. The Morgan fingerprint density at radius 1 is 1.40 bits per heavy atom. The maximum atomic E-state index is 11.7. The highest BCUT2D eigenvalue weighted by Gasteiger charge is 2.23. The van der Waals surface area contributed by atoms with E-state index in [0.717, 1.165) is 27.9 Å². The topological polar surface area (TPSA) is 34.9 Å². The van der Waals surface area contributed by atoms with Gasteiger partial charge in [0.05, 0.1) is 10.4 Å². The summed E-state index contributed by atoms with van der Waals surface area (Å²) in [6, 6.07) is 2.08. The molecule has 3 rings (SSSR count). The van der Waals surface area contributed by atoms with E-state index < -0.39 is 0 Å². The second-order valence-electron chi connectivity index (χ2n) is 3.64. The fraction of sp³-hybridized carbons (Fsp3) is 0.273. The van der Waals surface area contributed by atoms with Gasteiger partial charge in [-0.2, -0.15) is 0 Å². The first-order chi connectivity index (χ1) is 7.31. The molecule has 3 nitrogen and oxygen atoms in total. The van der Waals surface area contributed by atoms with E-state index in [1.54, 1.807) is 11.8 Å². The lowest BCUT2D eigenvalue weighted by molar-refractivity contribution is 0.0928. The van der Waals surface area contributed by atoms with Crippen molar-refractivity contribution in [3.05, 3.63) is 24.2 Å². The van der Waals surface area contributed by atoms with Crippen molar-refractivity contribution in [3.8, 4) is 0 Å². The van der Waals surface area contributed by atoms with Crippen molar-refractivity contribution < 1.29 is 4.79 Å². The molecule has 2 aromatic rings. The molecule has 0 radical (unpaired) electrons. The number of rotatable bonds is 1. The molecule has 0 N–H and O–H groups in total. The maximum Gasteiger partial charge on any atom is 0.231 e. The summed E-state index contributed by atoms with van der Waals surface area (Å²) in [6.45, 7) is 0. The third-order valence-electron chi connectivity index (χ3n) is 2.81. The van der Waals surface area contributed by atoms with E-state index in [9.17, 15) is 4.79 Å². The van der Waals surface area contributed by atoms with E-state index in [2.05, 4.69) is 11.1 Å². The summed E-state index contributed by atoms with van der Waals surface area (Å²) in [5.41, 5.74) is 2.16. The van der Waals surface area contributed by atoms with Crippen LogP contribution >= 0.6 is 11.8 Å². The van der Waals surface area contributed by atoms with Gasteiger partial charge in [0.2, 0.25) is 5.91 Å². The monoisotopic (exact) mass is 218 g/mol. The van der Waals surface area contributed by atoms with Gasteiger partial charge in [0.15, 0.2) is 0 Å². The lowest BCUT2D eigenvalue weighted by Gasteiger charge is -2.03. The first-order valence-electron chi connectivity index (χ1n) is 4.87. The summed E-state index contributed by atoms with van der Waals surface area (Å²) >= 11 is 1.64. The highest BCUT2D eigenvalue weighted by atomic mass is 32.2. The van der Waals surface area contributed by atoms with Crippen LogP contribution in [0, 0.1) is 0 Å². The molecular formula is C11H10N2OS. The first-order valence-corrected chi connectivity index (χ1v) is 6.09. The number of fused-ring (bicyclic) bond motifs is 3. The molecule has 0 saturated carbocycles. The summed E-state index contributed by atoms with van der Waals surface area (Å²) in [4.78, 5) is 17.0. The van der Waals surface area contributed by atoms with E-state index in [0.29, 0.717) is 6.42 Å². The molecule has 4 heteroatoms. The molecule has 0 aliphatic carbocycles. The fourth-order valence-corrected chi connectivity index (χ4v) is 2.72. The third-order valence-corrected chi connectivity index (χ3v) is 3.55. The van der Waals surface area contributed by atoms with Gasteiger partial charge in [-0.3, -0.25) is 14.3 Å². The third kappa shape index (κ3) is 1.14. The van der Waals surface area contributed by atoms with E-state index in [1.165, 1.54) is 0 Å². The van der Waals surface area contributed by atoms with Gasteiger partial charge in [0.25, 0.3) is 0 Å². The van der Waals surface area contributed by atoms with Gasteiger partial charge >= 0.3 is 0 Å². The van der Waals surface area contributed by atoms with Crippen molar-refractivity contribution in [3.63, 3.8) is 0 Å². The van der Waals surface area contributed by atoms with Crippen molar-refractivity contribution in [2.24, 2.45) is 0 Å². The number of aromatic nitrogens is 2. The maximum absolute atomic E-state index is 11.7. The number of carbonyl (C=O) groups excluding carboxylic acids is 1. The van der Waals surface area contributed by atoms with Crippen LogP contribution in [0.25, 0.3) is 10.9 Å². The van der Waals surface area contributed by atoms with Gasteiger partial charge in [-0.1, -0.05) is 0 Å². The summed E-state index contributed by atoms with van der Waals surface area (Å²) < 4.78 is 1.85. The Labute approximate surface area is 91.5 Å². The Morgan fingerprint density at radius 3 is 3.07 bits per heavy atom. The number of thioether (sulfide) groups is 1. The Kier molecular flexibility index (Phi) is 1.85. The lowest BCUT2D eigenvalue weighted by atomic mass is 10.2. The van der Waals surface area contributed by atoms with Crippen LogP contribution in [-0.4, -0.2) is 21.7 Å². The van der Waals surface area contributed by atoms with E-state index in [-0.39, 0.29) is 5.91 Å². The molecule has 0 saturated heterocycles. The van der Waals surface area contributed by atoms with Gasteiger partial charge in [0.1, 0.15) is 0 Å². The molecule has 15 heavy (non-hydrogen) atoms. The second-order valence-corrected chi connectivity index (χ2v) is 4.49. The van der Waals surface area contributed by atoms with Crippen LogP contribution in [-0.2, 0) is 6.42 Å². The molecule has 0 amide bonds. The minimum Gasteiger partial charge on any atom is -0.283 e. The van der Waals surface area contributed by atoms with Crippen LogP contribution in [0.15, 0.2) is 23.4 Å². The van der Waals surface area contributed by atoms with Crippen LogP contribution in [0.2, 0.25) is 0 Å². The molecule has 0 unspecified atom stereocenters. The number of nitrogens with zero attached hydrogens (tertiary/aromatic N) is 2. The molecule has 0 atom stereocenters. The average molecular weight is 218 g/mol. The van der Waals surface area contributed by atoms with Crippen LogP contribution < -0.4 is 0 Å². The van der Waals surface area contributed by atoms with Gasteiger partial charge in [0, 0.05) is 29.9 Å². The van der Waals surface area contributed by atoms with Crippen molar-refractivity contribution in [1.82, 2.24) is 9.55 Å². The predicted molar refractivity (Wildman–Crippen MR) is 60.5 cm³/mol. The lowest BCUT2D eigenvalue weighted by Crippen LogP contribution is -2.03. The quantitative estimate of drug-likeness (QED) is 0.689. The minimum absolute atomic E-state index is 0.210. The zero-order chi connectivity index (χ0) is 10.4. The zero-order valence-electron chi connectivity index (χ0n) is 8.36. The second kappa shape index (κ2) is 3.10. The largest absolute Gasteiger partial charge is 0.283 e. The van der Waals surface area contributed by atoms with Crippen LogP contribution in [0.1, 0.15) is 16.9 Å². The Balaban J connectivity index is 2.43. The van der Waals surface area contributed by atoms with Crippen molar-refractivity contribution in [2.45, 2.75) is 17.7 Å². The normalized spacial score (nSPS) is 14.9. The number of hydrogen-bond acceptors (Lipinski definition) is 3. The van der Waals surface area contributed by atoms with Crippen LogP contribution in [0.5, 0.6) is 0 Å². The SMILES string of the molecule is CSc1cncc2cc3n(c12)C(=O)CC3. The highest BCUT2D eigenvalue weighted by molar-refractivity contribution is 7.98. The number of hydrogen-bond donors (Lipinski definition) is 0. The molecule has 1 aliphatic rings. The molecule has 0 spiro atoms.